The fourth-order valence-corrected chi connectivity index (χ4v) is 3.60. The Morgan fingerprint density at radius 3 is 2.96 bits per heavy atom. The van der Waals surface area contributed by atoms with E-state index in [1.807, 2.05) is 41.3 Å². The normalized spacial score (nSPS) is 17.5. The lowest BCUT2D eigenvalue weighted by atomic mass is 10.0. The van der Waals surface area contributed by atoms with E-state index >= 15 is 0 Å². The average molecular weight is 384 g/mol. The summed E-state index contributed by atoms with van der Waals surface area (Å²) in [7, 11) is 1.65. The van der Waals surface area contributed by atoms with E-state index in [-0.39, 0.29) is 18.9 Å². The number of rotatable bonds is 6. The van der Waals surface area contributed by atoms with Gasteiger partial charge in [-0.3, -0.25) is 0 Å². The second-order valence-electron chi connectivity index (χ2n) is 6.72. The molecule has 0 spiro atoms. The van der Waals surface area contributed by atoms with Gasteiger partial charge >= 0.3 is 6.03 Å². The summed E-state index contributed by atoms with van der Waals surface area (Å²) in [5.74, 6) is 2.90. The van der Waals surface area contributed by atoms with Crippen LogP contribution >= 0.6 is 0 Å². The van der Waals surface area contributed by atoms with Gasteiger partial charge in [-0.2, -0.15) is 0 Å². The van der Waals surface area contributed by atoms with Crippen LogP contribution in [0.25, 0.3) is 0 Å². The number of hydrogen-bond acceptors (Lipinski definition) is 5. The number of hydrogen-bond donors (Lipinski definition) is 1. The van der Waals surface area contributed by atoms with Crippen molar-refractivity contribution in [2.45, 2.75) is 18.9 Å². The van der Waals surface area contributed by atoms with Crippen LogP contribution in [0.4, 0.5) is 4.79 Å². The van der Waals surface area contributed by atoms with Crippen LogP contribution in [0, 0.1) is 0 Å². The molecule has 2 aromatic rings. The first kappa shape index (κ1) is 18.3. The maximum absolute atomic E-state index is 12.6. The van der Waals surface area contributed by atoms with Crippen LogP contribution in [-0.2, 0) is 0 Å². The molecule has 2 amide bonds. The number of fused-ring (bicyclic) bond motifs is 1. The largest absolute Gasteiger partial charge is 0.497 e. The number of urea groups is 1. The standard InChI is InChI=1S/C21H24N2O5/c1-25-16-5-2-4-15(12-16)18-6-3-10-23(18)21(24)22-9-11-26-17-7-8-19-20(13-17)28-14-27-19/h2,4-5,7-8,12-13,18H,3,6,9-11,14H2,1H3,(H,22,24). The number of carbonyl (C=O) groups is 1. The summed E-state index contributed by atoms with van der Waals surface area (Å²) in [6.07, 6.45) is 1.94. The topological polar surface area (TPSA) is 69.3 Å². The number of nitrogens with zero attached hydrogens (tertiary/aromatic N) is 1. The molecule has 1 saturated heterocycles. The second-order valence-corrected chi connectivity index (χ2v) is 6.72. The minimum Gasteiger partial charge on any atom is -0.497 e. The molecule has 2 heterocycles. The van der Waals surface area contributed by atoms with Crippen LogP contribution in [-0.4, -0.2) is 44.5 Å². The molecule has 7 heteroatoms. The first-order chi connectivity index (χ1) is 13.7. The number of methoxy groups -OCH3 is 1. The first-order valence-electron chi connectivity index (χ1n) is 9.45. The summed E-state index contributed by atoms with van der Waals surface area (Å²) in [5, 5.41) is 2.95. The lowest BCUT2D eigenvalue weighted by Crippen LogP contribution is -2.41. The molecule has 2 aliphatic heterocycles. The predicted octanol–water partition coefficient (Wildman–Crippen LogP) is 3.35. The van der Waals surface area contributed by atoms with Gasteiger partial charge in [0.2, 0.25) is 6.79 Å². The van der Waals surface area contributed by atoms with E-state index in [2.05, 4.69) is 5.32 Å². The van der Waals surface area contributed by atoms with Crippen LogP contribution in [0.5, 0.6) is 23.0 Å². The van der Waals surface area contributed by atoms with Crippen LogP contribution in [0.3, 0.4) is 0 Å². The molecule has 0 saturated carbocycles. The van der Waals surface area contributed by atoms with Gasteiger partial charge in [-0.05, 0) is 42.7 Å². The zero-order valence-corrected chi connectivity index (χ0v) is 15.8. The van der Waals surface area contributed by atoms with Crippen LogP contribution in [0.15, 0.2) is 42.5 Å². The summed E-state index contributed by atoms with van der Waals surface area (Å²) in [5.41, 5.74) is 1.10. The van der Waals surface area contributed by atoms with Crippen molar-refractivity contribution in [3.8, 4) is 23.0 Å². The molecule has 7 nitrogen and oxygen atoms in total. The molecule has 0 aliphatic carbocycles. The monoisotopic (exact) mass is 384 g/mol. The number of amides is 2. The van der Waals surface area contributed by atoms with Crippen molar-refractivity contribution in [2.24, 2.45) is 0 Å². The Hall–Kier alpha value is -3.09. The highest BCUT2D eigenvalue weighted by Crippen LogP contribution is 2.35. The molecular weight excluding hydrogens is 360 g/mol. The van der Waals surface area contributed by atoms with E-state index in [0.29, 0.717) is 24.7 Å². The van der Waals surface area contributed by atoms with Gasteiger partial charge in [-0.15, -0.1) is 0 Å². The zero-order valence-electron chi connectivity index (χ0n) is 15.8. The van der Waals surface area contributed by atoms with Gasteiger partial charge in [0, 0.05) is 12.6 Å². The predicted molar refractivity (Wildman–Crippen MR) is 103 cm³/mol. The minimum absolute atomic E-state index is 0.0698. The van der Waals surface area contributed by atoms with Crippen molar-refractivity contribution in [3.05, 3.63) is 48.0 Å². The van der Waals surface area contributed by atoms with E-state index in [0.717, 1.165) is 36.4 Å². The average Bonchev–Trinajstić information content (AvgIpc) is 3.40. The van der Waals surface area contributed by atoms with Crippen molar-refractivity contribution >= 4 is 6.03 Å². The summed E-state index contributed by atoms with van der Waals surface area (Å²) in [6, 6.07) is 13.4. The number of benzene rings is 2. The molecule has 28 heavy (non-hydrogen) atoms. The van der Waals surface area contributed by atoms with Crippen molar-refractivity contribution in [1.29, 1.82) is 0 Å². The van der Waals surface area contributed by atoms with Gasteiger partial charge in [0.1, 0.15) is 18.1 Å². The van der Waals surface area contributed by atoms with E-state index in [1.54, 1.807) is 13.2 Å². The quantitative estimate of drug-likeness (QED) is 0.774. The molecule has 2 aromatic carbocycles. The van der Waals surface area contributed by atoms with Gasteiger partial charge < -0.3 is 29.2 Å². The molecule has 1 N–H and O–H groups in total. The minimum atomic E-state index is -0.0698. The smallest absolute Gasteiger partial charge is 0.318 e. The lowest BCUT2D eigenvalue weighted by Gasteiger charge is -2.25. The summed E-state index contributed by atoms with van der Waals surface area (Å²) in [4.78, 5) is 14.5. The highest BCUT2D eigenvalue weighted by Gasteiger charge is 2.30. The number of likely N-dealkylation sites (tertiary alicyclic amines) is 1. The molecule has 1 atom stereocenters. The third-order valence-electron chi connectivity index (χ3n) is 4.98. The Bertz CT molecular complexity index is 841. The Morgan fingerprint density at radius 2 is 2.07 bits per heavy atom. The van der Waals surface area contributed by atoms with Crippen LogP contribution in [0.2, 0.25) is 0 Å². The number of ether oxygens (including phenoxy) is 4. The number of nitrogens with one attached hydrogen (secondary N) is 1. The molecular formula is C21H24N2O5. The Kier molecular flexibility index (Phi) is 5.41. The number of carbonyl (C=O) groups excluding carboxylic acids is 1. The van der Waals surface area contributed by atoms with Crippen molar-refractivity contribution in [3.63, 3.8) is 0 Å². The third-order valence-corrected chi connectivity index (χ3v) is 4.98. The molecule has 148 valence electrons. The zero-order chi connectivity index (χ0) is 19.3. The fourth-order valence-electron chi connectivity index (χ4n) is 3.60. The molecule has 0 bridgehead atoms. The van der Waals surface area contributed by atoms with Crippen LogP contribution in [0.1, 0.15) is 24.4 Å². The molecule has 2 aliphatic rings. The third kappa shape index (κ3) is 3.93. The highest BCUT2D eigenvalue weighted by atomic mass is 16.7. The Balaban J connectivity index is 1.28. The van der Waals surface area contributed by atoms with Crippen molar-refractivity contribution in [1.82, 2.24) is 10.2 Å². The molecule has 0 aromatic heterocycles. The highest BCUT2D eigenvalue weighted by molar-refractivity contribution is 5.75. The van der Waals surface area contributed by atoms with Gasteiger partial charge in [0.15, 0.2) is 11.5 Å². The lowest BCUT2D eigenvalue weighted by molar-refractivity contribution is 0.173. The van der Waals surface area contributed by atoms with Gasteiger partial charge in [-0.1, -0.05) is 12.1 Å². The van der Waals surface area contributed by atoms with Crippen molar-refractivity contribution < 1.29 is 23.7 Å². The molecule has 0 radical (unpaired) electrons. The van der Waals surface area contributed by atoms with E-state index in [4.69, 9.17) is 18.9 Å². The first-order valence-corrected chi connectivity index (χ1v) is 9.45. The van der Waals surface area contributed by atoms with E-state index < -0.39 is 0 Å². The van der Waals surface area contributed by atoms with Crippen molar-refractivity contribution in [2.75, 3.05) is 33.6 Å². The molecule has 4 rings (SSSR count). The van der Waals surface area contributed by atoms with Gasteiger partial charge in [0.05, 0.1) is 19.7 Å². The maximum Gasteiger partial charge on any atom is 0.318 e. The summed E-state index contributed by atoms with van der Waals surface area (Å²) < 4.78 is 21.6. The Morgan fingerprint density at radius 1 is 1.18 bits per heavy atom. The van der Waals surface area contributed by atoms with Gasteiger partial charge in [0.25, 0.3) is 0 Å². The molecule has 1 fully saturated rings. The SMILES string of the molecule is COc1cccc(C2CCCN2C(=O)NCCOc2ccc3c(c2)OCO3)c1. The molecule has 1 unspecified atom stereocenters. The van der Waals surface area contributed by atoms with E-state index in [9.17, 15) is 4.79 Å². The maximum atomic E-state index is 12.6. The van der Waals surface area contributed by atoms with Crippen LogP contribution < -0.4 is 24.3 Å². The van der Waals surface area contributed by atoms with Gasteiger partial charge in [-0.25, -0.2) is 4.79 Å². The Labute approximate surface area is 164 Å². The fraction of sp³-hybridized carbons (Fsp3) is 0.381. The second kappa shape index (κ2) is 8.29. The summed E-state index contributed by atoms with van der Waals surface area (Å²) >= 11 is 0. The summed E-state index contributed by atoms with van der Waals surface area (Å²) in [6.45, 7) is 1.79. The van der Waals surface area contributed by atoms with E-state index in [1.165, 1.54) is 0 Å².